The van der Waals surface area contributed by atoms with Crippen molar-refractivity contribution < 1.29 is 24.2 Å². The van der Waals surface area contributed by atoms with Crippen LogP contribution >= 0.6 is 0 Å². The number of rotatable bonds is 8. The lowest BCUT2D eigenvalue weighted by atomic mass is 9.93. The molecule has 0 aromatic heterocycles. The third-order valence-corrected chi connectivity index (χ3v) is 5.10. The van der Waals surface area contributed by atoms with Gasteiger partial charge in [0.25, 0.3) is 5.91 Å². The molecule has 7 nitrogen and oxygen atoms in total. The zero-order valence-corrected chi connectivity index (χ0v) is 15.9. The summed E-state index contributed by atoms with van der Waals surface area (Å²) in [5.74, 6) is -1.12. The van der Waals surface area contributed by atoms with Crippen LogP contribution in [0.4, 0.5) is 0 Å². The molecule has 1 fully saturated rings. The molecule has 1 aliphatic heterocycles. The number of likely N-dealkylation sites (tertiary alicyclic amines) is 1. The van der Waals surface area contributed by atoms with Crippen LogP contribution in [0.3, 0.4) is 0 Å². The van der Waals surface area contributed by atoms with Gasteiger partial charge in [-0.2, -0.15) is 0 Å². The second kappa shape index (κ2) is 9.94. The van der Waals surface area contributed by atoms with Crippen molar-refractivity contribution in [2.75, 3.05) is 19.7 Å². The van der Waals surface area contributed by atoms with E-state index < -0.39 is 12.0 Å². The molecular weight excluding hydrogens is 348 g/mol. The van der Waals surface area contributed by atoms with Crippen molar-refractivity contribution >= 4 is 17.8 Å². The van der Waals surface area contributed by atoms with Gasteiger partial charge in [0.05, 0.1) is 0 Å². The molecule has 7 heteroatoms. The van der Waals surface area contributed by atoms with Crippen LogP contribution in [0.15, 0.2) is 30.3 Å². The normalized spacial score (nSPS) is 17.0. The number of carbonyl (C=O) groups excluding carboxylic acids is 2. The van der Waals surface area contributed by atoms with Gasteiger partial charge < -0.3 is 20.1 Å². The Balaban J connectivity index is 1.79. The third-order valence-electron chi connectivity index (χ3n) is 5.10. The van der Waals surface area contributed by atoms with E-state index in [0.29, 0.717) is 38.1 Å². The van der Waals surface area contributed by atoms with Gasteiger partial charge in [-0.05, 0) is 30.9 Å². The Morgan fingerprint density at radius 2 is 1.85 bits per heavy atom. The fraction of sp³-hybridized carbons (Fsp3) is 0.550. The number of carboxylic acids is 1. The number of nitrogens with zero attached hydrogens (tertiary/aromatic N) is 1. The van der Waals surface area contributed by atoms with E-state index in [9.17, 15) is 19.5 Å². The number of hydrogen-bond donors (Lipinski definition) is 2. The predicted octanol–water partition coefficient (Wildman–Crippen LogP) is 1.92. The van der Waals surface area contributed by atoms with Gasteiger partial charge in [-0.3, -0.25) is 9.59 Å². The molecule has 1 aromatic carbocycles. The summed E-state index contributed by atoms with van der Waals surface area (Å²) in [5, 5.41) is 12.0. The van der Waals surface area contributed by atoms with Gasteiger partial charge in [0.2, 0.25) is 5.91 Å². The van der Waals surface area contributed by atoms with Crippen LogP contribution in [0.25, 0.3) is 0 Å². The summed E-state index contributed by atoms with van der Waals surface area (Å²) in [6, 6.07) is 8.27. The Morgan fingerprint density at radius 3 is 2.41 bits per heavy atom. The molecule has 2 amide bonds. The van der Waals surface area contributed by atoms with Gasteiger partial charge in [0.15, 0.2) is 6.61 Å². The summed E-state index contributed by atoms with van der Waals surface area (Å²) in [6.07, 6.45) is 1.72. The summed E-state index contributed by atoms with van der Waals surface area (Å²) in [5.41, 5.74) is 0. The van der Waals surface area contributed by atoms with Gasteiger partial charge in [0.1, 0.15) is 11.8 Å². The summed E-state index contributed by atoms with van der Waals surface area (Å²) in [6.45, 7) is 4.61. The van der Waals surface area contributed by atoms with Crippen LogP contribution in [0.5, 0.6) is 5.75 Å². The zero-order valence-electron chi connectivity index (χ0n) is 15.9. The first kappa shape index (κ1) is 20.7. The molecule has 2 rings (SSSR count). The van der Waals surface area contributed by atoms with Crippen molar-refractivity contribution in [3.63, 3.8) is 0 Å². The van der Waals surface area contributed by atoms with Crippen molar-refractivity contribution in [1.29, 1.82) is 0 Å². The molecule has 27 heavy (non-hydrogen) atoms. The maximum atomic E-state index is 12.4. The minimum absolute atomic E-state index is 0.0318. The predicted molar refractivity (Wildman–Crippen MR) is 100 cm³/mol. The fourth-order valence-corrected chi connectivity index (χ4v) is 3.10. The van der Waals surface area contributed by atoms with Gasteiger partial charge in [0, 0.05) is 19.0 Å². The lowest BCUT2D eigenvalue weighted by Gasteiger charge is -2.32. The van der Waals surface area contributed by atoms with Crippen LogP contribution in [-0.4, -0.2) is 53.5 Å². The number of benzene rings is 1. The van der Waals surface area contributed by atoms with E-state index in [2.05, 4.69) is 5.32 Å². The van der Waals surface area contributed by atoms with Crippen molar-refractivity contribution in [1.82, 2.24) is 10.2 Å². The van der Waals surface area contributed by atoms with Crippen LogP contribution < -0.4 is 10.1 Å². The number of amides is 2. The first-order valence-electron chi connectivity index (χ1n) is 9.41. The molecule has 2 N–H and O–H groups in total. The first-order valence-corrected chi connectivity index (χ1v) is 9.41. The maximum absolute atomic E-state index is 12.4. The zero-order chi connectivity index (χ0) is 19.8. The van der Waals surface area contributed by atoms with Gasteiger partial charge in [-0.25, -0.2) is 4.79 Å². The SMILES string of the molecule is CC[C@H](C)[C@H](NC(=O)C1CCN(C(=O)COc2ccccc2)CC1)C(=O)O. The van der Waals surface area contributed by atoms with E-state index in [1.165, 1.54) is 0 Å². The van der Waals surface area contributed by atoms with Gasteiger partial charge in [-0.15, -0.1) is 0 Å². The molecule has 0 radical (unpaired) electrons. The summed E-state index contributed by atoms with van der Waals surface area (Å²) in [7, 11) is 0. The number of ether oxygens (including phenoxy) is 1. The molecule has 0 spiro atoms. The largest absolute Gasteiger partial charge is 0.484 e. The lowest BCUT2D eigenvalue weighted by molar-refractivity contribution is -0.144. The van der Waals surface area contributed by atoms with E-state index in [1.54, 1.807) is 17.0 Å². The van der Waals surface area contributed by atoms with Crippen molar-refractivity contribution in [2.24, 2.45) is 11.8 Å². The van der Waals surface area contributed by atoms with E-state index in [4.69, 9.17) is 4.74 Å². The summed E-state index contributed by atoms with van der Waals surface area (Å²) >= 11 is 0. The summed E-state index contributed by atoms with van der Waals surface area (Å²) in [4.78, 5) is 37.7. The third kappa shape index (κ3) is 5.98. The molecule has 148 valence electrons. The lowest BCUT2D eigenvalue weighted by Crippen LogP contribution is -2.50. The average molecular weight is 376 g/mol. The minimum atomic E-state index is -1.01. The molecule has 0 bridgehead atoms. The van der Waals surface area contributed by atoms with Crippen molar-refractivity contribution in [2.45, 2.75) is 39.2 Å². The highest BCUT2D eigenvalue weighted by molar-refractivity contribution is 5.85. The van der Waals surface area contributed by atoms with Crippen molar-refractivity contribution in [3.8, 4) is 5.75 Å². The van der Waals surface area contributed by atoms with E-state index >= 15 is 0 Å². The monoisotopic (exact) mass is 376 g/mol. The molecule has 0 unspecified atom stereocenters. The molecule has 0 saturated carbocycles. The Labute approximate surface area is 159 Å². The average Bonchev–Trinajstić information content (AvgIpc) is 2.70. The molecule has 0 aliphatic carbocycles. The van der Waals surface area contributed by atoms with E-state index in [-0.39, 0.29) is 30.3 Å². The standard InChI is InChI=1S/C20H28N2O5/c1-3-14(2)18(20(25)26)21-19(24)15-9-11-22(12-10-15)17(23)13-27-16-7-5-4-6-8-16/h4-8,14-15,18H,3,9-13H2,1-2H3,(H,21,24)(H,25,26)/t14-,18-/m0/s1. The van der Waals surface area contributed by atoms with Gasteiger partial charge in [-0.1, -0.05) is 38.5 Å². The van der Waals surface area contributed by atoms with E-state index in [1.807, 2.05) is 32.0 Å². The Hall–Kier alpha value is -2.57. The number of aliphatic carboxylic acids is 1. The second-order valence-electron chi connectivity index (χ2n) is 6.97. The number of carboxylic acid groups (broad SMARTS) is 1. The molecule has 1 heterocycles. The fourth-order valence-electron chi connectivity index (χ4n) is 3.10. The smallest absolute Gasteiger partial charge is 0.326 e. The highest BCUT2D eigenvalue weighted by atomic mass is 16.5. The number of carbonyl (C=O) groups is 3. The highest BCUT2D eigenvalue weighted by Gasteiger charge is 2.31. The molecule has 2 atom stereocenters. The number of piperidine rings is 1. The highest BCUT2D eigenvalue weighted by Crippen LogP contribution is 2.19. The molecule has 1 aliphatic rings. The topological polar surface area (TPSA) is 95.9 Å². The molecule has 1 saturated heterocycles. The van der Waals surface area contributed by atoms with E-state index in [0.717, 1.165) is 0 Å². The first-order chi connectivity index (χ1) is 12.9. The minimum Gasteiger partial charge on any atom is -0.484 e. The maximum Gasteiger partial charge on any atom is 0.326 e. The number of para-hydroxylation sites is 1. The molecule has 1 aromatic rings. The van der Waals surface area contributed by atoms with Crippen LogP contribution in [0.1, 0.15) is 33.1 Å². The number of nitrogens with one attached hydrogen (secondary N) is 1. The van der Waals surface area contributed by atoms with Gasteiger partial charge >= 0.3 is 5.97 Å². The Morgan fingerprint density at radius 1 is 1.22 bits per heavy atom. The second-order valence-corrected chi connectivity index (χ2v) is 6.97. The van der Waals surface area contributed by atoms with Crippen LogP contribution in [-0.2, 0) is 14.4 Å². The quantitative estimate of drug-likeness (QED) is 0.723. The Kier molecular flexibility index (Phi) is 7.64. The van der Waals surface area contributed by atoms with Crippen molar-refractivity contribution in [3.05, 3.63) is 30.3 Å². The summed E-state index contributed by atoms with van der Waals surface area (Å²) < 4.78 is 5.48. The number of hydrogen-bond acceptors (Lipinski definition) is 4. The van der Waals surface area contributed by atoms with Crippen LogP contribution in [0.2, 0.25) is 0 Å². The molecular formula is C20H28N2O5. The van der Waals surface area contributed by atoms with Crippen LogP contribution in [0, 0.1) is 11.8 Å². The Bertz CT molecular complexity index is 641.